The summed E-state index contributed by atoms with van der Waals surface area (Å²) in [6.45, 7) is 0.522. The Morgan fingerprint density at radius 1 is 1.16 bits per heavy atom. The Morgan fingerprint density at radius 2 is 1.94 bits per heavy atom. The van der Waals surface area contributed by atoms with Gasteiger partial charge in [-0.05, 0) is 48.4 Å². The van der Waals surface area contributed by atoms with Crippen molar-refractivity contribution in [3.63, 3.8) is 0 Å². The van der Waals surface area contributed by atoms with E-state index in [4.69, 9.17) is 4.74 Å². The average molecular weight is 442 g/mol. The van der Waals surface area contributed by atoms with E-state index >= 15 is 0 Å². The number of anilines is 1. The molecule has 0 fully saturated rings. The van der Waals surface area contributed by atoms with Crippen LogP contribution >= 0.6 is 0 Å². The van der Waals surface area contributed by atoms with Gasteiger partial charge in [-0.3, -0.25) is 4.79 Å². The number of carbonyl (C=O) groups excluding carboxylic acids is 1. The highest BCUT2D eigenvalue weighted by Gasteiger charge is 2.30. The lowest BCUT2D eigenvalue weighted by atomic mass is 10.1. The molecule has 0 atom stereocenters. The maximum atomic E-state index is 12.8. The quantitative estimate of drug-likeness (QED) is 0.376. The van der Waals surface area contributed by atoms with Crippen LogP contribution in [-0.4, -0.2) is 34.4 Å². The van der Waals surface area contributed by atoms with Crippen LogP contribution in [0.4, 0.5) is 18.9 Å². The predicted octanol–water partition coefficient (Wildman–Crippen LogP) is 5.40. The molecule has 1 amide bonds. The van der Waals surface area contributed by atoms with Crippen molar-refractivity contribution in [2.24, 2.45) is 0 Å². The summed E-state index contributed by atoms with van der Waals surface area (Å²) < 4.78 is 44.8. The van der Waals surface area contributed by atoms with Crippen LogP contribution in [0.1, 0.15) is 18.4 Å². The number of aromatic amines is 1. The number of halogens is 3. The molecule has 0 aliphatic carbocycles. The molecule has 0 aliphatic rings. The van der Waals surface area contributed by atoms with E-state index in [2.05, 4.69) is 15.4 Å². The standard InChI is InChI=1S/C23H21F3N4O2/c1-32-10-2-3-22(31)29-21-13-27-20-9-4-15(11-19(20)21)16-12-28-30(14-16)18-7-5-17(6-8-18)23(24,25)26/h4-9,11-14,27H,2-3,10H2,1H3,(H,29,31). The van der Waals surface area contributed by atoms with Crippen LogP contribution in [0.15, 0.2) is 61.1 Å². The lowest BCUT2D eigenvalue weighted by Crippen LogP contribution is -2.11. The first-order chi connectivity index (χ1) is 15.3. The molecule has 0 aliphatic heterocycles. The molecule has 166 valence electrons. The number of aromatic nitrogens is 3. The number of hydrogen-bond acceptors (Lipinski definition) is 3. The first-order valence-corrected chi connectivity index (χ1v) is 9.98. The molecule has 9 heteroatoms. The number of fused-ring (bicyclic) bond motifs is 1. The lowest BCUT2D eigenvalue weighted by Gasteiger charge is -2.07. The fourth-order valence-corrected chi connectivity index (χ4v) is 3.41. The van der Waals surface area contributed by atoms with Crippen LogP contribution in [0.25, 0.3) is 27.7 Å². The van der Waals surface area contributed by atoms with Crippen molar-refractivity contribution in [2.45, 2.75) is 19.0 Å². The molecule has 0 unspecified atom stereocenters. The van der Waals surface area contributed by atoms with Crippen molar-refractivity contribution in [3.8, 4) is 16.8 Å². The van der Waals surface area contributed by atoms with Crippen molar-refractivity contribution in [3.05, 3.63) is 66.6 Å². The Labute approximate surface area is 182 Å². The lowest BCUT2D eigenvalue weighted by molar-refractivity contribution is -0.137. The summed E-state index contributed by atoms with van der Waals surface area (Å²) in [5.41, 5.74) is 3.03. The van der Waals surface area contributed by atoms with E-state index in [1.165, 1.54) is 16.8 Å². The van der Waals surface area contributed by atoms with Crippen LogP contribution in [0, 0.1) is 0 Å². The number of benzene rings is 2. The molecule has 2 N–H and O–H groups in total. The summed E-state index contributed by atoms with van der Waals surface area (Å²) in [6.07, 6.45) is 1.76. The van der Waals surface area contributed by atoms with Crippen LogP contribution in [0.5, 0.6) is 0 Å². The minimum Gasteiger partial charge on any atom is -0.385 e. The molecule has 2 aromatic carbocycles. The predicted molar refractivity (Wildman–Crippen MR) is 116 cm³/mol. The van der Waals surface area contributed by atoms with Crippen LogP contribution in [0.3, 0.4) is 0 Å². The van der Waals surface area contributed by atoms with Gasteiger partial charge in [0.15, 0.2) is 0 Å². The minimum absolute atomic E-state index is 0.0940. The minimum atomic E-state index is -4.38. The average Bonchev–Trinajstić information content (AvgIpc) is 3.41. The first-order valence-electron chi connectivity index (χ1n) is 9.98. The van der Waals surface area contributed by atoms with Gasteiger partial charge in [0.2, 0.25) is 5.91 Å². The maximum absolute atomic E-state index is 12.8. The number of amides is 1. The summed E-state index contributed by atoms with van der Waals surface area (Å²) in [7, 11) is 1.60. The van der Waals surface area contributed by atoms with Gasteiger partial charge >= 0.3 is 6.18 Å². The van der Waals surface area contributed by atoms with Gasteiger partial charge in [0.05, 0.1) is 23.1 Å². The zero-order valence-corrected chi connectivity index (χ0v) is 17.2. The SMILES string of the molecule is COCCCC(=O)Nc1c[nH]c2ccc(-c3cnn(-c4ccc(C(F)(F)F)cc4)c3)cc12. The Hall–Kier alpha value is -3.59. The highest BCUT2D eigenvalue weighted by molar-refractivity contribution is 6.02. The first kappa shape index (κ1) is 21.6. The van der Waals surface area contributed by atoms with Gasteiger partial charge in [-0.1, -0.05) is 6.07 Å². The number of alkyl halides is 3. The molecule has 32 heavy (non-hydrogen) atoms. The number of nitrogens with zero attached hydrogens (tertiary/aromatic N) is 2. The Morgan fingerprint density at radius 3 is 2.66 bits per heavy atom. The largest absolute Gasteiger partial charge is 0.416 e. The number of methoxy groups -OCH3 is 1. The Bertz CT molecular complexity index is 1230. The second-order valence-electron chi connectivity index (χ2n) is 7.33. The van der Waals surface area contributed by atoms with E-state index in [0.29, 0.717) is 30.8 Å². The molecular formula is C23H21F3N4O2. The summed E-state index contributed by atoms with van der Waals surface area (Å²) in [5.74, 6) is -0.0940. The summed E-state index contributed by atoms with van der Waals surface area (Å²) in [4.78, 5) is 15.3. The zero-order chi connectivity index (χ0) is 22.7. The van der Waals surface area contributed by atoms with E-state index in [9.17, 15) is 18.0 Å². The second kappa shape index (κ2) is 8.88. The van der Waals surface area contributed by atoms with Gasteiger partial charge in [-0.25, -0.2) is 4.68 Å². The van der Waals surface area contributed by atoms with Crippen LogP contribution < -0.4 is 5.32 Å². The highest BCUT2D eigenvalue weighted by Crippen LogP contribution is 2.31. The third kappa shape index (κ3) is 4.67. The molecule has 0 saturated carbocycles. The van der Waals surface area contributed by atoms with Crippen molar-refractivity contribution < 1.29 is 22.7 Å². The molecule has 2 aromatic heterocycles. The van der Waals surface area contributed by atoms with E-state index in [0.717, 1.165) is 34.2 Å². The van der Waals surface area contributed by atoms with Gasteiger partial charge in [-0.15, -0.1) is 0 Å². The molecule has 4 aromatic rings. The summed E-state index contributed by atoms with van der Waals surface area (Å²) >= 11 is 0. The van der Waals surface area contributed by atoms with Gasteiger partial charge in [0.25, 0.3) is 0 Å². The molecule has 0 saturated heterocycles. The van der Waals surface area contributed by atoms with Gasteiger partial charge in [0, 0.05) is 49.0 Å². The Balaban J connectivity index is 1.55. The topological polar surface area (TPSA) is 71.9 Å². The second-order valence-corrected chi connectivity index (χ2v) is 7.33. The van der Waals surface area contributed by atoms with Crippen molar-refractivity contribution in [1.29, 1.82) is 0 Å². The normalized spacial score (nSPS) is 11.8. The number of nitrogens with one attached hydrogen (secondary N) is 2. The number of hydrogen-bond donors (Lipinski definition) is 2. The monoisotopic (exact) mass is 442 g/mol. The van der Waals surface area contributed by atoms with Crippen LogP contribution in [-0.2, 0) is 15.7 Å². The summed E-state index contributed by atoms with van der Waals surface area (Å²) in [6, 6.07) is 10.6. The van der Waals surface area contributed by atoms with Gasteiger partial charge in [-0.2, -0.15) is 18.3 Å². The maximum Gasteiger partial charge on any atom is 0.416 e. The summed E-state index contributed by atoms with van der Waals surface area (Å²) in [5, 5.41) is 8.05. The van der Waals surface area contributed by atoms with Crippen molar-refractivity contribution in [1.82, 2.24) is 14.8 Å². The molecule has 4 rings (SSSR count). The van der Waals surface area contributed by atoms with E-state index < -0.39 is 11.7 Å². The van der Waals surface area contributed by atoms with E-state index in [1.807, 2.05) is 18.2 Å². The Kier molecular flexibility index (Phi) is 6.00. The number of ether oxygens (including phenoxy) is 1. The number of carbonyl (C=O) groups is 1. The van der Waals surface area contributed by atoms with Gasteiger partial charge < -0.3 is 15.0 Å². The molecule has 0 radical (unpaired) electrons. The number of rotatable bonds is 7. The van der Waals surface area contributed by atoms with Crippen molar-refractivity contribution >= 4 is 22.5 Å². The number of H-pyrrole nitrogens is 1. The van der Waals surface area contributed by atoms with Crippen LogP contribution in [0.2, 0.25) is 0 Å². The molecule has 2 heterocycles. The highest BCUT2D eigenvalue weighted by atomic mass is 19.4. The zero-order valence-electron chi connectivity index (χ0n) is 17.2. The van der Waals surface area contributed by atoms with Crippen molar-refractivity contribution in [2.75, 3.05) is 19.0 Å². The third-order valence-corrected chi connectivity index (χ3v) is 5.08. The molecule has 0 bridgehead atoms. The molecule has 6 nitrogen and oxygen atoms in total. The fourth-order valence-electron chi connectivity index (χ4n) is 3.41. The molecular weight excluding hydrogens is 421 g/mol. The fraction of sp³-hybridized carbons (Fsp3) is 0.217. The molecule has 0 spiro atoms. The van der Waals surface area contributed by atoms with E-state index in [-0.39, 0.29) is 5.91 Å². The van der Waals surface area contributed by atoms with Gasteiger partial charge in [0.1, 0.15) is 0 Å². The smallest absolute Gasteiger partial charge is 0.385 e. The third-order valence-electron chi connectivity index (χ3n) is 5.08. The van der Waals surface area contributed by atoms with E-state index in [1.54, 1.807) is 25.7 Å².